The van der Waals surface area contributed by atoms with Gasteiger partial charge in [0.05, 0.1) is 18.1 Å². The summed E-state index contributed by atoms with van der Waals surface area (Å²) in [7, 11) is 0. The van der Waals surface area contributed by atoms with Crippen LogP contribution in [0.3, 0.4) is 0 Å². The fourth-order valence-corrected chi connectivity index (χ4v) is 2.47. The van der Waals surface area contributed by atoms with Crippen molar-refractivity contribution in [2.75, 3.05) is 4.90 Å². The predicted octanol–water partition coefficient (Wildman–Crippen LogP) is 2.83. The molecule has 8 heteroatoms. The number of benzene rings is 1. The molecule has 1 unspecified atom stereocenters. The zero-order valence-electron chi connectivity index (χ0n) is 12.2. The van der Waals surface area contributed by atoms with Gasteiger partial charge in [0.25, 0.3) is 12.3 Å². The normalized spacial score (nSPS) is 17.5. The summed E-state index contributed by atoms with van der Waals surface area (Å²) in [5, 5.41) is 2.50. The molecule has 0 bridgehead atoms. The van der Waals surface area contributed by atoms with Crippen molar-refractivity contribution in [3.05, 3.63) is 59.7 Å². The van der Waals surface area contributed by atoms with Crippen molar-refractivity contribution in [2.24, 2.45) is 0 Å². The van der Waals surface area contributed by atoms with Crippen molar-refractivity contribution in [1.29, 1.82) is 0 Å². The van der Waals surface area contributed by atoms with Crippen molar-refractivity contribution in [3.63, 3.8) is 0 Å². The molecule has 1 aromatic heterocycles. The number of nitrogens with one attached hydrogen (secondary N) is 1. The number of nitrogens with zero attached hydrogens (tertiary/aromatic N) is 2. The molecular formula is C16H12F3N3O2. The lowest BCUT2D eigenvalue weighted by Crippen LogP contribution is -2.32. The number of amides is 3. The minimum absolute atomic E-state index is 0.0352. The number of hydrogen-bond donors (Lipinski definition) is 1. The number of alkyl halides is 2. The lowest BCUT2D eigenvalue weighted by molar-refractivity contribution is -0.118. The molecule has 1 saturated heterocycles. The molecule has 1 aliphatic rings. The first-order chi connectivity index (χ1) is 11.5. The van der Waals surface area contributed by atoms with Crippen LogP contribution in [0.4, 0.5) is 23.7 Å². The lowest BCUT2D eigenvalue weighted by Gasteiger charge is -2.12. The van der Waals surface area contributed by atoms with E-state index >= 15 is 0 Å². The van der Waals surface area contributed by atoms with Gasteiger partial charge in [0.2, 0.25) is 0 Å². The number of carbonyl (C=O) groups excluding carboxylic acids is 2. The molecule has 0 radical (unpaired) electrons. The fraction of sp³-hybridized carbons (Fsp3) is 0.188. The molecule has 3 rings (SSSR count). The third-order valence-corrected chi connectivity index (χ3v) is 3.64. The van der Waals surface area contributed by atoms with E-state index in [2.05, 4.69) is 10.3 Å². The van der Waals surface area contributed by atoms with Gasteiger partial charge in [0.1, 0.15) is 11.9 Å². The van der Waals surface area contributed by atoms with Gasteiger partial charge in [0, 0.05) is 18.1 Å². The number of rotatable bonds is 4. The summed E-state index contributed by atoms with van der Waals surface area (Å²) in [6, 6.07) is 5.01. The van der Waals surface area contributed by atoms with E-state index < -0.39 is 30.2 Å². The van der Waals surface area contributed by atoms with Crippen LogP contribution in [0.1, 0.15) is 17.6 Å². The second-order valence-corrected chi connectivity index (χ2v) is 5.28. The first-order valence-electron chi connectivity index (χ1n) is 7.07. The van der Waals surface area contributed by atoms with E-state index in [-0.39, 0.29) is 17.7 Å². The highest BCUT2D eigenvalue weighted by Crippen LogP contribution is 2.22. The molecule has 1 aliphatic heterocycles. The number of aromatic nitrogens is 1. The van der Waals surface area contributed by atoms with E-state index in [0.717, 1.165) is 17.2 Å². The van der Waals surface area contributed by atoms with Crippen molar-refractivity contribution >= 4 is 17.6 Å². The molecule has 5 nitrogen and oxygen atoms in total. The average Bonchev–Trinajstić information content (AvgIpc) is 2.82. The number of carbonyl (C=O) groups is 2. The van der Waals surface area contributed by atoms with Crippen LogP contribution in [0, 0.1) is 5.82 Å². The molecule has 1 N–H and O–H groups in total. The maximum atomic E-state index is 13.2. The summed E-state index contributed by atoms with van der Waals surface area (Å²) >= 11 is 0. The Bertz CT molecular complexity index is 780. The molecule has 0 spiro atoms. The van der Waals surface area contributed by atoms with Crippen molar-refractivity contribution < 1.29 is 22.8 Å². The molecule has 124 valence electrons. The highest BCUT2D eigenvalue weighted by molar-refractivity contribution is 6.21. The number of anilines is 1. The monoisotopic (exact) mass is 335 g/mol. The van der Waals surface area contributed by atoms with Gasteiger partial charge in [-0.25, -0.2) is 22.9 Å². The largest absolute Gasteiger partial charge is 0.329 e. The van der Waals surface area contributed by atoms with Crippen LogP contribution in [0.25, 0.3) is 0 Å². The summed E-state index contributed by atoms with van der Waals surface area (Å²) in [4.78, 5) is 28.8. The van der Waals surface area contributed by atoms with E-state index in [0.29, 0.717) is 5.56 Å². The van der Waals surface area contributed by atoms with Gasteiger partial charge in [-0.2, -0.15) is 0 Å². The minimum Gasteiger partial charge on any atom is -0.325 e. The first-order valence-corrected chi connectivity index (χ1v) is 7.07. The maximum Gasteiger partial charge on any atom is 0.329 e. The summed E-state index contributed by atoms with van der Waals surface area (Å²) in [5.41, 5.74) is 0.540. The summed E-state index contributed by atoms with van der Waals surface area (Å²) in [6.07, 6.45) is -0.250. The van der Waals surface area contributed by atoms with Gasteiger partial charge >= 0.3 is 6.03 Å². The molecule has 2 heterocycles. The molecule has 2 aromatic rings. The third kappa shape index (κ3) is 3.08. The van der Waals surface area contributed by atoms with Crippen LogP contribution in [0.2, 0.25) is 0 Å². The Morgan fingerprint density at radius 3 is 2.50 bits per heavy atom. The molecule has 1 atom stereocenters. The van der Waals surface area contributed by atoms with Crippen molar-refractivity contribution in [1.82, 2.24) is 10.3 Å². The minimum atomic E-state index is -2.57. The van der Waals surface area contributed by atoms with Gasteiger partial charge in [-0.05, 0) is 5.56 Å². The highest BCUT2D eigenvalue weighted by Gasteiger charge is 2.39. The molecule has 3 amide bonds. The van der Waals surface area contributed by atoms with Crippen LogP contribution in [-0.4, -0.2) is 23.0 Å². The number of hydrogen-bond acceptors (Lipinski definition) is 3. The maximum absolute atomic E-state index is 13.2. The summed E-state index contributed by atoms with van der Waals surface area (Å²) in [6.45, 7) is 0. The number of urea groups is 1. The van der Waals surface area contributed by atoms with Gasteiger partial charge < -0.3 is 5.32 Å². The van der Waals surface area contributed by atoms with E-state index in [4.69, 9.17) is 0 Å². The van der Waals surface area contributed by atoms with E-state index in [1.54, 1.807) is 0 Å². The van der Waals surface area contributed by atoms with Crippen LogP contribution < -0.4 is 10.2 Å². The molecular weight excluding hydrogens is 323 g/mol. The van der Waals surface area contributed by atoms with Gasteiger partial charge in [-0.15, -0.1) is 0 Å². The summed E-state index contributed by atoms with van der Waals surface area (Å²) < 4.78 is 38.3. The fourth-order valence-electron chi connectivity index (χ4n) is 2.47. The SMILES string of the molecule is O=C1NC(Cc2ccc(C(F)F)cc2)C(=O)N1c1cncc(F)c1. The zero-order valence-corrected chi connectivity index (χ0v) is 12.2. The smallest absolute Gasteiger partial charge is 0.325 e. The van der Waals surface area contributed by atoms with Crippen LogP contribution in [-0.2, 0) is 11.2 Å². The Morgan fingerprint density at radius 1 is 1.17 bits per heavy atom. The average molecular weight is 335 g/mol. The van der Waals surface area contributed by atoms with Gasteiger partial charge in [-0.3, -0.25) is 9.78 Å². The Hall–Kier alpha value is -2.90. The zero-order chi connectivity index (χ0) is 17.3. The number of pyridine rings is 1. The third-order valence-electron chi connectivity index (χ3n) is 3.64. The summed E-state index contributed by atoms with van der Waals surface area (Å²) in [5.74, 6) is -1.22. The Morgan fingerprint density at radius 2 is 1.88 bits per heavy atom. The van der Waals surface area contributed by atoms with Crippen molar-refractivity contribution in [2.45, 2.75) is 18.9 Å². The Balaban J connectivity index is 1.76. The molecule has 1 aromatic carbocycles. The van der Waals surface area contributed by atoms with Gasteiger partial charge in [-0.1, -0.05) is 24.3 Å². The van der Waals surface area contributed by atoms with Crippen LogP contribution in [0.5, 0.6) is 0 Å². The molecule has 0 aliphatic carbocycles. The highest BCUT2D eigenvalue weighted by atomic mass is 19.3. The Kier molecular flexibility index (Phi) is 4.20. The van der Waals surface area contributed by atoms with Crippen LogP contribution in [0.15, 0.2) is 42.7 Å². The molecule has 0 saturated carbocycles. The van der Waals surface area contributed by atoms with Gasteiger partial charge in [0.15, 0.2) is 0 Å². The Labute approximate surface area is 135 Å². The number of halogens is 3. The first kappa shape index (κ1) is 16.0. The molecule has 24 heavy (non-hydrogen) atoms. The predicted molar refractivity (Wildman–Crippen MR) is 79.1 cm³/mol. The topological polar surface area (TPSA) is 62.3 Å². The van der Waals surface area contributed by atoms with E-state index in [1.165, 1.54) is 30.5 Å². The second-order valence-electron chi connectivity index (χ2n) is 5.28. The quantitative estimate of drug-likeness (QED) is 0.874. The molecule has 1 fully saturated rings. The van der Waals surface area contributed by atoms with E-state index in [1.807, 2.05) is 0 Å². The van der Waals surface area contributed by atoms with Crippen molar-refractivity contribution in [3.8, 4) is 0 Å². The van der Waals surface area contributed by atoms with E-state index in [9.17, 15) is 22.8 Å². The number of imide groups is 1. The second kappa shape index (κ2) is 6.31. The van der Waals surface area contributed by atoms with Crippen LogP contribution >= 0.6 is 0 Å². The lowest BCUT2D eigenvalue weighted by atomic mass is 10.0. The standard InChI is InChI=1S/C16H12F3N3O2/c17-11-6-12(8-20-7-11)22-15(23)13(21-16(22)24)5-9-1-3-10(4-2-9)14(18)19/h1-4,6-8,13-14H,5H2,(H,21,24).